The van der Waals surface area contributed by atoms with E-state index in [0.29, 0.717) is 30.2 Å². The summed E-state index contributed by atoms with van der Waals surface area (Å²) in [7, 11) is 0. The molecule has 1 aliphatic heterocycles. The molecule has 1 saturated heterocycles. The molecule has 1 aliphatic rings. The molecule has 2 aromatic carbocycles. The minimum Gasteiger partial charge on any atom is -0.507 e. The van der Waals surface area contributed by atoms with Gasteiger partial charge in [-0.15, -0.1) is 10.2 Å². The number of phenolic OH excluding ortho intramolecular Hbond substituents is 1. The van der Waals surface area contributed by atoms with Gasteiger partial charge in [-0.05, 0) is 56.7 Å². The first-order valence-electron chi connectivity index (χ1n) is 11.0. The van der Waals surface area contributed by atoms with Gasteiger partial charge in [0.2, 0.25) is 0 Å². The summed E-state index contributed by atoms with van der Waals surface area (Å²) in [5, 5.41) is 18.4. The standard InChI is InChI=1S/C25H29N5O3/c1-25(2,3)33-24(32)30-14-12-29(13-15-30)18-10-8-17(9-11-18)20-16-21(27-28-23(20)26)19-6-4-5-7-22(19)31/h4-11,16,31H,12-15H2,1-3H3,(H2,26,28). The smallest absolute Gasteiger partial charge is 0.410 e. The molecular formula is C25H29N5O3. The SMILES string of the molecule is CC(C)(C)OC(=O)N1CCN(c2ccc(-c3cc(-c4ccccc4O)nnc3N)cc2)CC1. The van der Waals surface area contributed by atoms with Crippen LogP contribution in [0.3, 0.4) is 0 Å². The normalized spacial score (nSPS) is 14.3. The number of carbonyl (C=O) groups excluding carboxylic acids is 1. The van der Waals surface area contributed by atoms with Crippen LogP contribution in [0.5, 0.6) is 5.75 Å². The zero-order valence-electron chi connectivity index (χ0n) is 19.2. The first-order valence-corrected chi connectivity index (χ1v) is 11.0. The molecular weight excluding hydrogens is 418 g/mol. The van der Waals surface area contributed by atoms with Gasteiger partial charge in [0.05, 0.1) is 5.69 Å². The van der Waals surface area contributed by atoms with E-state index < -0.39 is 5.60 Å². The zero-order valence-corrected chi connectivity index (χ0v) is 19.2. The largest absolute Gasteiger partial charge is 0.507 e. The van der Waals surface area contributed by atoms with E-state index in [2.05, 4.69) is 15.1 Å². The molecule has 33 heavy (non-hydrogen) atoms. The number of amides is 1. The lowest BCUT2D eigenvalue weighted by Crippen LogP contribution is -2.50. The molecule has 0 spiro atoms. The average Bonchev–Trinajstić information content (AvgIpc) is 2.79. The van der Waals surface area contributed by atoms with E-state index in [4.69, 9.17) is 10.5 Å². The Hall–Kier alpha value is -3.81. The summed E-state index contributed by atoms with van der Waals surface area (Å²) in [6.07, 6.45) is -0.265. The van der Waals surface area contributed by atoms with Crippen LogP contribution in [-0.4, -0.2) is 58.1 Å². The van der Waals surface area contributed by atoms with Crippen LogP contribution in [0.25, 0.3) is 22.4 Å². The molecule has 2 heterocycles. The van der Waals surface area contributed by atoms with Crippen molar-refractivity contribution in [3.8, 4) is 28.1 Å². The molecule has 172 valence electrons. The Labute approximate surface area is 193 Å². The summed E-state index contributed by atoms with van der Waals surface area (Å²) >= 11 is 0. The molecule has 0 unspecified atom stereocenters. The van der Waals surface area contributed by atoms with Gasteiger partial charge < -0.3 is 25.4 Å². The van der Waals surface area contributed by atoms with Crippen molar-refractivity contribution in [3.05, 3.63) is 54.6 Å². The molecule has 1 aromatic heterocycles. The Kier molecular flexibility index (Phi) is 6.09. The number of para-hydroxylation sites is 1. The predicted octanol–water partition coefficient (Wildman–Crippen LogP) is 4.16. The van der Waals surface area contributed by atoms with Crippen molar-refractivity contribution in [2.75, 3.05) is 36.8 Å². The molecule has 8 nitrogen and oxygen atoms in total. The number of piperazine rings is 1. The molecule has 0 bridgehead atoms. The highest BCUT2D eigenvalue weighted by Gasteiger charge is 2.26. The van der Waals surface area contributed by atoms with E-state index in [0.717, 1.165) is 29.9 Å². The second-order valence-corrected chi connectivity index (χ2v) is 9.05. The van der Waals surface area contributed by atoms with Crippen molar-refractivity contribution in [1.29, 1.82) is 0 Å². The Morgan fingerprint density at radius 2 is 1.64 bits per heavy atom. The molecule has 0 radical (unpaired) electrons. The molecule has 3 aromatic rings. The summed E-state index contributed by atoms with van der Waals surface area (Å²) in [6.45, 7) is 8.31. The number of hydrogen-bond acceptors (Lipinski definition) is 7. The summed E-state index contributed by atoms with van der Waals surface area (Å²) in [6, 6.07) is 16.9. The molecule has 4 rings (SSSR count). The van der Waals surface area contributed by atoms with Gasteiger partial charge in [0.25, 0.3) is 0 Å². The topological polar surface area (TPSA) is 105 Å². The zero-order chi connectivity index (χ0) is 23.6. The van der Waals surface area contributed by atoms with Gasteiger partial charge in [-0.2, -0.15) is 0 Å². The predicted molar refractivity (Wildman–Crippen MR) is 129 cm³/mol. The van der Waals surface area contributed by atoms with Crippen LogP contribution in [-0.2, 0) is 4.74 Å². The lowest BCUT2D eigenvalue weighted by molar-refractivity contribution is 0.0240. The molecule has 0 atom stereocenters. The maximum atomic E-state index is 12.3. The maximum Gasteiger partial charge on any atom is 0.410 e. The first-order chi connectivity index (χ1) is 15.7. The van der Waals surface area contributed by atoms with Crippen LogP contribution in [0.4, 0.5) is 16.3 Å². The summed E-state index contributed by atoms with van der Waals surface area (Å²) < 4.78 is 5.47. The van der Waals surface area contributed by atoms with Gasteiger partial charge in [-0.25, -0.2) is 4.79 Å². The quantitative estimate of drug-likeness (QED) is 0.621. The fraction of sp³-hybridized carbons (Fsp3) is 0.320. The molecule has 1 fully saturated rings. The van der Waals surface area contributed by atoms with E-state index >= 15 is 0 Å². The van der Waals surface area contributed by atoms with E-state index in [9.17, 15) is 9.90 Å². The number of phenols is 1. The van der Waals surface area contributed by atoms with Crippen molar-refractivity contribution >= 4 is 17.6 Å². The van der Waals surface area contributed by atoms with Crippen LogP contribution >= 0.6 is 0 Å². The van der Waals surface area contributed by atoms with Gasteiger partial charge in [-0.3, -0.25) is 0 Å². The number of nitrogens with two attached hydrogens (primary N) is 1. The van der Waals surface area contributed by atoms with Crippen LogP contribution in [0, 0.1) is 0 Å². The molecule has 3 N–H and O–H groups in total. The Morgan fingerprint density at radius 1 is 0.970 bits per heavy atom. The number of benzene rings is 2. The minimum atomic E-state index is -0.493. The van der Waals surface area contributed by atoms with Gasteiger partial charge in [0.1, 0.15) is 11.4 Å². The van der Waals surface area contributed by atoms with E-state index in [-0.39, 0.29) is 11.8 Å². The average molecular weight is 448 g/mol. The third-order valence-electron chi connectivity index (χ3n) is 5.48. The van der Waals surface area contributed by atoms with Crippen molar-refractivity contribution in [3.63, 3.8) is 0 Å². The molecule has 0 aliphatic carbocycles. The van der Waals surface area contributed by atoms with Gasteiger partial charge in [-0.1, -0.05) is 24.3 Å². The van der Waals surface area contributed by atoms with E-state index in [1.165, 1.54) is 0 Å². The van der Waals surface area contributed by atoms with Crippen molar-refractivity contribution in [1.82, 2.24) is 15.1 Å². The highest BCUT2D eigenvalue weighted by atomic mass is 16.6. The number of anilines is 2. The maximum absolute atomic E-state index is 12.3. The molecule has 8 heteroatoms. The minimum absolute atomic E-state index is 0.142. The molecule has 0 saturated carbocycles. The lowest BCUT2D eigenvalue weighted by Gasteiger charge is -2.36. The summed E-state index contributed by atoms with van der Waals surface area (Å²) in [5.74, 6) is 0.469. The third kappa shape index (κ3) is 5.16. The fourth-order valence-electron chi connectivity index (χ4n) is 3.78. The van der Waals surface area contributed by atoms with Crippen molar-refractivity contribution in [2.24, 2.45) is 0 Å². The summed E-state index contributed by atoms with van der Waals surface area (Å²) in [5.41, 5.74) is 9.51. The van der Waals surface area contributed by atoms with E-state index in [1.807, 2.05) is 57.2 Å². The van der Waals surface area contributed by atoms with Crippen molar-refractivity contribution in [2.45, 2.75) is 26.4 Å². The Balaban J connectivity index is 1.47. The third-order valence-corrected chi connectivity index (χ3v) is 5.48. The number of hydrogen-bond donors (Lipinski definition) is 2. The number of aromatic nitrogens is 2. The highest BCUT2D eigenvalue weighted by molar-refractivity contribution is 5.79. The monoisotopic (exact) mass is 447 g/mol. The number of ether oxygens (including phenoxy) is 1. The second kappa shape index (κ2) is 8.97. The van der Waals surface area contributed by atoms with Crippen LogP contribution in [0.2, 0.25) is 0 Å². The Bertz CT molecular complexity index is 1130. The fourth-order valence-corrected chi connectivity index (χ4v) is 3.78. The van der Waals surface area contributed by atoms with Crippen LogP contribution < -0.4 is 10.6 Å². The highest BCUT2D eigenvalue weighted by Crippen LogP contribution is 2.33. The van der Waals surface area contributed by atoms with Gasteiger partial charge >= 0.3 is 6.09 Å². The van der Waals surface area contributed by atoms with Crippen molar-refractivity contribution < 1.29 is 14.6 Å². The number of rotatable bonds is 3. The number of nitrogens with zero attached hydrogens (tertiary/aromatic N) is 4. The Morgan fingerprint density at radius 3 is 2.27 bits per heavy atom. The number of aromatic hydroxyl groups is 1. The van der Waals surface area contributed by atoms with E-state index in [1.54, 1.807) is 23.1 Å². The van der Waals surface area contributed by atoms with Gasteiger partial charge in [0, 0.05) is 43.0 Å². The van der Waals surface area contributed by atoms with Crippen LogP contribution in [0.1, 0.15) is 20.8 Å². The molecule has 1 amide bonds. The first kappa shape index (κ1) is 22.4. The number of carbonyl (C=O) groups is 1. The lowest BCUT2D eigenvalue weighted by atomic mass is 10.0. The van der Waals surface area contributed by atoms with Crippen LogP contribution in [0.15, 0.2) is 54.6 Å². The number of nitrogen functional groups attached to an aromatic ring is 1. The van der Waals surface area contributed by atoms with Gasteiger partial charge in [0.15, 0.2) is 5.82 Å². The summed E-state index contributed by atoms with van der Waals surface area (Å²) in [4.78, 5) is 16.3. The second-order valence-electron chi connectivity index (χ2n) is 9.05.